The summed E-state index contributed by atoms with van der Waals surface area (Å²) < 4.78 is 44.0. The second-order valence-corrected chi connectivity index (χ2v) is 6.06. The topological polar surface area (TPSA) is 65.2 Å². The van der Waals surface area contributed by atoms with Crippen LogP contribution in [0.1, 0.15) is 15.9 Å². The fourth-order valence-corrected chi connectivity index (χ4v) is 2.74. The monoisotopic (exact) mass is 394 g/mol. The quantitative estimate of drug-likeness (QED) is 0.641. The van der Waals surface area contributed by atoms with Gasteiger partial charge in [0, 0.05) is 17.0 Å². The fourth-order valence-electron chi connectivity index (χ4n) is 2.66. The van der Waals surface area contributed by atoms with Gasteiger partial charge in [-0.25, -0.2) is 4.98 Å². The summed E-state index contributed by atoms with van der Waals surface area (Å²) in [6.07, 6.45) is -4.43. The molecular formula is C19H14ClF3N2O2. The summed E-state index contributed by atoms with van der Waals surface area (Å²) >= 11 is 5.68. The van der Waals surface area contributed by atoms with Crippen molar-refractivity contribution in [1.82, 2.24) is 4.98 Å². The molecule has 0 radical (unpaired) electrons. The van der Waals surface area contributed by atoms with Gasteiger partial charge < -0.3 is 10.5 Å². The average molecular weight is 395 g/mol. The number of hydrogen-bond acceptors (Lipinski definition) is 3. The van der Waals surface area contributed by atoms with Crippen molar-refractivity contribution in [2.45, 2.75) is 6.18 Å². The minimum atomic E-state index is -4.43. The van der Waals surface area contributed by atoms with E-state index < -0.39 is 17.6 Å². The number of primary amides is 1. The van der Waals surface area contributed by atoms with Crippen LogP contribution in [-0.4, -0.2) is 23.4 Å². The lowest BCUT2D eigenvalue weighted by Gasteiger charge is -2.13. The van der Waals surface area contributed by atoms with Crippen LogP contribution in [0.3, 0.4) is 0 Å². The molecule has 2 N–H and O–H groups in total. The Morgan fingerprint density at radius 1 is 1.15 bits per heavy atom. The number of nitrogens with two attached hydrogens (primary N) is 1. The van der Waals surface area contributed by atoms with E-state index in [0.29, 0.717) is 27.9 Å². The predicted octanol–water partition coefficient (Wildman–Crippen LogP) is 4.64. The highest BCUT2D eigenvalue weighted by Crippen LogP contribution is 2.34. The minimum Gasteiger partial charge on any atom is -0.492 e. The molecule has 0 saturated heterocycles. The van der Waals surface area contributed by atoms with Crippen molar-refractivity contribution >= 4 is 28.4 Å². The Balaban J connectivity index is 2.17. The van der Waals surface area contributed by atoms with Crippen molar-refractivity contribution in [2.75, 3.05) is 12.5 Å². The van der Waals surface area contributed by atoms with Gasteiger partial charge in [0.05, 0.1) is 28.2 Å². The summed E-state index contributed by atoms with van der Waals surface area (Å²) in [6.45, 7) is 0.216. The molecule has 0 aliphatic heterocycles. The van der Waals surface area contributed by atoms with Crippen LogP contribution in [0.15, 0.2) is 48.5 Å². The molecule has 0 atom stereocenters. The molecule has 0 unspecified atom stereocenters. The maximum atomic E-state index is 12.8. The Hall–Kier alpha value is -2.80. The number of hydrogen-bond donors (Lipinski definition) is 1. The summed E-state index contributed by atoms with van der Waals surface area (Å²) in [5.74, 6) is -0.00538. The molecule has 0 saturated carbocycles. The molecular weight excluding hydrogens is 381 g/mol. The van der Waals surface area contributed by atoms with Crippen LogP contribution >= 0.6 is 11.6 Å². The molecule has 0 bridgehead atoms. The highest BCUT2D eigenvalue weighted by atomic mass is 35.5. The van der Waals surface area contributed by atoms with E-state index in [4.69, 9.17) is 22.1 Å². The second-order valence-electron chi connectivity index (χ2n) is 5.68. The Morgan fingerprint density at radius 3 is 2.44 bits per heavy atom. The van der Waals surface area contributed by atoms with Gasteiger partial charge in [0.2, 0.25) is 0 Å². The SMILES string of the molecule is NC(=O)c1cccc2c(OCCCl)cc(-c3ccc(C(F)(F)F)cc3)nc12. The lowest BCUT2D eigenvalue weighted by molar-refractivity contribution is -0.137. The molecule has 3 aromatic rings. The molecule has 0 aliphatic rings. The predicted molar refractivity (Wildman–Crippen MR) is 96.9 cm³/mol. The molecule has 3 rings (SSSR count). The first-order valence-corrected chi connectivity index (χ1v) is 8.44. The van der Waals surface area contributed by atoms with E-state index in [0.717, 1.165) is 12.1 Å². The van der Waals surface area contributed by atoms with E-state index in [1.54, 1.807) is 18.2 Å². The summed E-state index contributed by atoms with van der Waals surface area (Å²) in [5, 5.41) is 0.562. The van der Waals surface area contributed by atoms with Crippen LogP contribution in [0, 0.1) is 0 Å². The number of benzene rings is 2. The lowest BCUT2D eigenvalue weighted by atomic mass is 10.0. The van der Waals surface area contributed by atoms with Gasteiger partial charge >= 0.3 is 6.18 Å². The highest BCUT2D eigenvalue weighted by Gasteiger charge is 2.30. The zero-order valence-corrected chi connectivity index (χ0v) is 14.6. The fraction of sp³-hybridized carbons (Fsp3) is 0.158. The summed E-state index contributed by atoms with van der Waals surface area (Å²) in [4.78, 5) is 16.2. The van der Waals surface area contributed by atoms with Gasteiger partial charge in [-0.15, -0.1) is 11.6 Å². The van der Waals surface area contributed by atoms with Gasteiger partial charge in [0.15, 0.2) is 0 Å². The van der Waals surface area contributed by atoms with E-state index in [1.807, 2.05) is 0 Å². The van der Waals surface area contributed by atoms with E-state index in [2.05, 4.69) is 4.98 Å². The Labute approximate surface area is 157 Å². The number of amides is 1. The highest BCUT2D eigenvalue weighted by molar-refractivity contribution is 6.18. The number of ether oxygens (including phenoxy) is 1. The maximum absolute atomic E-state index is 12.8. The first-order chi connectivity index (χ1) is 12.8. The summed E-state index contributed by atoms with van der Waals surface area (Å²) in [7, 11) is 0. The smallest absolute Gasteiger partial charge is 0.416 e. The van der Waals surface area contributed by atoms with Crippen LogP contribution in [0.5, 0.6) is 5.75 Å². The molecule has 140 valence electrons. The summed E-state index contributed by atoms with van der Waals surface area (Å²) in [5.41, 5.74) is 5.96. The Morgan fingerprint density at radius 2 is 1.85 bits per heavy atom. The molecule has 4 nitrogen and oxygen atoms in total. The number of carbonyl (C=O) groups excluding carboxylic acids is 1. The molecule has 0 fully saturated rings. The zero-order valence-electron chi connectivity index (χ0n) is 13.9. The van der Waals surface area contributed by atoms with Crippen LogP contribution < -0.4 is 10.5 Å². The first kappa shape index (κ1) is 19.0. The van der Waals surface area contributed by atoms with Gasteiger partial charge in [0.1, 0.15) is 12.4 Å². The van der Waals surface area contributed by atoms with Crippen LogP contribution in [0.4, 0.5) is 13.2 Å². The normalized spacial score (nSPS) is 11.6. The lowest BCUT2D eigenvalue weighted by Crippen LogP contribution is -2.12. The van der Waals surface area contributed by atoms with Gasteiger partial charge in [-0.3, -0.25) is 4.79 Å². The molecule has 0 spiro atoms. The number of halogens is 4. The third-order valence-corrected chi connectivity index (χ3v) is 4.06. The standard InChI is InChI=1S/C19H14ClF3N2O2/c20-8-9-27-16-10-15(11-4-6-12(7-5-11)19(21,22)23)25-17-13(16)2-1-3-14(17)18(24)26/h1-7,10H,8-9H2,(H2,24,26). The number of nitrogens with zero attached hydrogens (tertiary/aromatic N) is 1. The number of rotatable bonds is 5. The van der Waals surface area contributed by atoms with E-state index >= 15 is 0 Å². The Kier molecular flexibility index (Phi) is 5.23. The maximum Gasteiger partial charge on any atom is 0.416 e. The molecule has 0 aliphatic carbocycles. The summed E-state index contributed by atoms with van der Waals surface area (Å²) in [6, 6.07) is 11.1. The number of para-hydroxylation sites is 1. The molecule has 1 aromatic heterocycles. The van der Waals surface area contributed by atoms with Crippen LogP contribution in [0.25, 0.3) is 22.2 Å². The van der Waals surface area contributed by atoms with Crippen molar-refractivity contribution in [3.8, 4) is 17.0 Å². The van der Waals surface area contributed by atoms with Gasteiger partial charge in [-0.1, -0.05) is 18.2 Å². The number of carbonyl (C=O) groups is 1. The van der Waals surface area contributed by atoms with Crippen molar-refractivity contribution in [3.63, 3.8) is 0 Å². The van der Waals surface area contributed by atoms with Gasteiger partial charge in [0.25, 0.3) is 5.91 Å². The van der Waals surface area contributed by atoms with Crippen LogP contribution in [0.2, 0.25) is 0 Å². The van der Waals surface area contributed by atoms with Crippen molar-refractivity contribution in [3.05, 3.63) is 59.7 Å². The van der Waals surface area contributed by atoms with E-state index in [9.17, 15) is 18.0 Å². The van der Waals surface area contributed by atoms with Crippen LogP contribution in [-0.2, 0) is 6.18 Å². The first-order valence-electron chi connectivity index (χ1n) is 7.91. The molecule has 27 heavy (non-hydrogen) atoms. The number of aromatic nitrogens is 1. The minimum absolute atomic E-state index is 0.192. The van der Waals surface area contributed by atoms with Gasteiger partial charge in [-0.2, -0.15) is 13.2 Å². The van der Waals surface area contributed by atoms with E-state index in [-0.39, 0.29) is 18.1 Å². The molecule has 8 heteroatoms. The number of alkyl halides is 4. The molecule has 2 aromatic carbocycles. The molecule has 1 amide bonds. The molecule has 1 heterocycles. The van der Waals surface area contributed by atoms with Crippen molar-refractivity contribution in [2.24, 2.45) is 5.73 Å². The number of fused-ring (bicyclic) bond motifs is 1. The largest absolute Gasteiger partial charge is 0.492 e. The van der Waals surface area contributed by atoms with Crippen molar-refractivity contribution in [1.29, 1.82) is 0 Å². The number of pyridine rings is 1. The second kappa shape index (κ2) is 7.44. The zero-order chi connectivity index (χ0) is 19.6. The average Bonchev–Trinajstić information content (AvgIpc) is 2.64. The third-order valence-electron chi connectivity index (χ3n) is 3.91. The Bertz CT molecular complexity index is 989. The van der Waals surface area contributed by atoms with E-state index in [1.165, 1.54) is 18.2 Å². The van der Waals surface area contributed by atoms with Crippen molar-refractivity contribution < 1.29 is 22.7 Å². The van der Waals surface area contributed by atoms with Gasteiger partial charge in [-0.05, 0) is 24.3 Å². The third kappa shape index (κ3) is 3.98.